The summed E-state index contributed by atoms with van der Waals surface area (Å²) >= 11 is 0. The van der Waals surface area contributed by atoms with Gasteiger partial charge in [0.15, 0.2) is 11.9 Å². The number of nitrogens with one attached hydrogen (secondary N) is 1. The van der Waals surface area contributed by atoms with Crippen molar-refractivity contribution in [1.82, 2.24) is 0 Å². The van der Waals surface area contributed by atoms with E-state index in [1.165, 1.54) is 5.69 Å². The van der Waals surface area contributed by atoms with Crippen LogP contribution in [0.2, 0.25) is 0 Å². The molecule has 0 aromatic carbocycles. The normalized spacial score (nSPS) is 7.62. The average molecular weight is 150 g/mol. The van der Waals surface area contributed by atoms with Crippen LogP contribution in [0.5, 0.6) is 0 Å². The second-order valence-electron chi connectivity index (χ2n) is 1.55. The predicted octanol–water partition coefficient (Wildman–Crippen LogP) is 0.807. The minimum absolute atomic E-state index is 0. The Labute approximate surface area is 59.6 Å². The first-order valence-corrected chi connectivity index (χ1v) is 2.33. The van der Waals surface area contributed by atoms with Gasteiger partial charge in [0, 0.05) is 19.1 Å². The molecule has 42 valence electrons. The Morgan fingerprint density at radius 3 is 2.38 bits per heavy atom. The number of rotatable bonds is 0. The van der Waals surface area contributed by atoms with Gasteiger partial charge in [-0.05, 0) is 0 Å². The van der Waals surface area contributed by atoms with Gasteiger partial charge in [-0.15, -0.1) is 0 Å². The van der Waals surface area contributed by atoms with Crippen LogP contribution in [-0.4, -0.2) is 0 Å². The van der Waals surface area contributed by atoms with E-state index in [0.717, 1.165) is 0 Å². The van der Waals surface area contributed by atoms with Crippen molar-refractivity contribution in [2.45, 2.75) is 6.92 Å². The van der Waals surface area contributed by atoms with E-state index in [1.807, 2.05) is 31.3 Å². The van der Waals surface area contributed by atoms with E-state index in [1.54, 1.807) is 0 Å². The summed E-state index contributed by atoms with van der Waals surface area (Å²) in [6, 6.07) is 6.00. The largest absolute Gasteiger partial charge is 2.00 e. The van der Waals surface area contributed by atoms with Gasteiger partial charge >= 0.3 is 17.1 Å². The molecule has 0 unspecified atom stereocenters. The molecule has 1 rings (SSSR count). The monoisotopic (exact) mass is 150 g/mol. The van der Waals surface area contributed by atoms with Crippen LogP contribution in [-0.2, 0) is 17.1 Å². The fraction of sp³-hybridized carbons (Fsp3) is 0.167. The van der Waals surface area contributed by atoms with Crippen LogP contribution < -0.4 is 4.98 Å². The Balaban J connectivity index is 0.000000490. The van der Waals surface area contributed by atoms with Crippen molar-refractivity contribution in [3.8, 4) is 0 Å². The van der Waals surface area contributed by atoms with Crippen LogP contribution in [0.4, 0.5) is 0 Å². The van der Waals surface area contributed by atoms with Crippen molar-refractivity contribution in [2.24, 2.45) is 0 Å². The van der Waals surface area contributed by atoms with E-state index in [9.17, 15) is 0 Å². The van der Waals surface area contributed by atoms with Crippen LogP contribution in [0.25, 0.3) is 0 Å². The van der Waals surface area contributed by atoms with Gasteiger partial charge in [0.2, 0.25) is 0 Å². The second kappa shape index (κ2) is 3.64. The van der Waals surface area contributed by atoms with Crippen molar-refractivity contribution in [1.29, 1.82) is 0 Å². The molecule has 1 N–H and O–H groups in total. The van der Waals surface area contributed by atoms with Gasteiger partial charge in [-0.3, -0.25) is 0 Å². The molecule has 8 heavy (non-hydrogen) atoms. The first kappa shape index (κ1) is 7.67. The molecule has 2 heteroatoms. The summed E-state index contributed by atoms with van der Waals surface area (Å²) in [5, 5.41) is 0. The van der Waals surface area contributed by atoms with Crippen LogP contribution in [0.15, 0.2) is 24.4 Å². The van der Waals surface area contributed by atoms with E-state index in [-0.39, 0.29) is 17.1 Å². The van der Waals surface area contributed by atoms with Crippen LogP contribution >= 0.6 is 0 Å². The Morgan fingerprint density at radius 1 is 1.38 bits per heavy atom. The standard InChI is InChI=1S/C6H7N.Fe/c1-6-4-2-3-5-7-6;/h2-5H,1H3;/q;+2/p+1. The first-order chi connectivity index (χ1) is 3.39. The molecule has 0 aliphatic rings. The van der Waals surface area contributed by atoms with Crippen LogP contribution in [0, 0.1) is 6.92 Å². The van der Waals surface area contributed by atoms with Crippen molar-refractivity contribution >= 4 is 0 Å². The molecule has 0 aliphatic heterocycles. The average Bonchev–Trinajstić information content (AvgIpc) is 1.69. The van der Waals surface area contributed by atoms with Gasteiger partial charge in [0.05, 0.1) is 0 Å². The second-order valence-corrected chi connectivity index (χ2v) is 1.55. The Morgan fingerprint density at radius 2 is 2.12 bits per heavy atom. The van der Waals surface area contributed by atoms with Gasteiger partial charge in [-0.1, -0.05) is 6.07 Å². The molecule has 0 spiro atoms. The minimum Gasteiger partial charge on any atom is -0.215 e. The molecule has 0 saturated heterocycles. The summed E-state index contributed by atoms with van der Waals surface area (Å²) in [5.41, 5.74) is 1.20. The third-order valence-electron chi connectivity index (χ3n) is 0.865. The quantitative estimate of drug-likeness (QED) is 0.486. The van der Waals surface area contributed by atoms with Crippen molar-refractivity contribution < 1.29 is 22.1 Å². The third-order valence-corrected chi connectivity index (χ3v) is 0.865. The number of aryl methyl sites for hydroxylation is 1. The topological polar surface area (TPSA) is 14.1 Å². The Bertz CT molecular complexity index is 138. The molecule has 1 nitrogen and oxygen atoms in total. The van der Waals surface area contributed by atoms with Gasteiger partial charge < -0.3 is 0 Å². The molecule has 0 fully saturated rings. The van der Waals surface area contributed by atoms with Gasteiger partial charge in [0.25, 0.3) is 0 Å². The van der Waals surface area contributed by atoms with Crippen molar-refractivity contribution in [3.63, 3.8) is 0 Å². The Kier molecular flexibility index (Phi) is 3.49. The fourth-order valence-electron chi connectivity index (χ4n) is 0.483. The molecule has 1 aromatic heterocycles. The molecule has 0 bridgehead atoms. The van der Waals surface area contributed by atoms with Gasteiger partial charge in [-0.2, -0.15) is 0 Å². The molecule has 1 aromatic rings. The number of H-pyrrole nitrogens is 1. The number of aromatic amines is 1. The van der Waals surface area contributed by atoms with Crippen molar-refractivity contribution in [2.75, 3.05) is 0 Å². The summed E-state index contributed by atoms with van der Waals surface area (Å²) in [4.78, 5) is 3.03. The number of hydrogen-bond donors (Lipinski definition) is 0. The smallest absolute Gasteiger partial charge is 0.215 e. The van der Waals surface area contributed by atoms with Gasteiger partial charge in [-0.25, -0.2) is 4.98 Å². The van der Waals surface area contributed by atoms with E-state index >= 15 is 0 Å². The Hall–Kier alpha value is -0.331. The molecule has 0 amide bonds. The fourth-order valence-corrected chi connectivity index (χ4v) is 0.483. The molecule has 0 radical (unpaired) electrons. The zero-order chi connectivity index (χ0) is 5.11. The first-order valence-electron chi connectivity index (χ1n) is 2.33. The molecular formula is C6H8FeN+3. The summed E-state index contributed by atoms with van der Waals surface area (Å²) in [6.07, 6.45) is 1.91. The summed E-state index contributed by atoms with van der Waals surface area (Å²) in [5.74, 6) is 0. The summed E-state index contributed by atoms with van der Waals surface area (Å²) in [6.45, 7) is 2.03. The molecular weight excluding hydrogens is 142 g/mol. The number of aromatic nitrogens is 1. The summed E-state index contributed by atoms with van der Waals surface area (Å²) in [7, 11) is 0. The maximum absolute atomic E-state index is 3.03. The van der Waals surface area contributed by atoms with E-state index in [2.05, 4.69) is 4.98 Å². The van der Waals surface area contributed by atoms with Crippen molar-refractivity contribution in [3.05, 3.63) is 30.1 Å². The molecule has 0 saturated carbocycles. The van der Waals surface area contributed by atoms with Crippen LogP contribution in [0.1, 0.15) is 5.69 Å². The number of hydrogen-bond acceptors (Lipinski definition) is 0. The zero-order valence-corrected chi connectivity index (χ0v) is 5.77. The molecule has 0 aliphatic carbocycles. The summed E-state index contributed by atoms with van der Waals surface area (Å²) < 4.78 is 0. The van der Waals surface area contributed by atoms with Gasteiger partial charge in [0.1, 0.15) is 0 Å². The maximum atomic E-state index is 3.03. The molecule has 1 heterocycles. The SMILES string of the molecule is Cc1cccc[nH+]1.[Fe+2]. The van der Waals surface area contributed by atoms with E-state index < -0.39 is 0 Å². The molecule has 0 atom stereocenters. The zero-order valence-electron chi connectivity index (χ0n) is 4.66. The number of pyridine rings is 1. The van der Waals surface area contributed by atoms with E-state index in [4.69, 9.17) is 0 Å². The minimum atomic E-state index is 0. The third kappa shape index (κ3) is 2.10. The van der Waals surface area contributed by atoms with Crippen LogP contribution in [0.3, 0.4) is 0 Å². The van der Waals surface area contributed by atoms with E-state index in [0.29, 0.717) is 0 Å². The maximum Gasteiger partial charge on any atom is 2.00 e. The predicted molar refractivity (Wildman–Crippen MR) is 27.7 cm³/mol.